The topological polar surface area (TPSA) is 87.6 Å². The largest absolute Gasteiger partial charge is 0.326 e. The molecule has 0 aromatic heterocycles. The third-order valence-corrected chi connectivity index (χ3v) is 5.16. The smallest absolute Gasteiger partial charge is 0.263 e. The molecule has 3 rings (SSSR count). The van der Waals surface area contributed by atoms with Gasteiger partial charge in [-0.15, -0.1) is 0 Å². The first-order valence-corrected chi connectivity index (χ1v) is 9.14. The van der Waals surface area contributed by atoms with Crippen molar-refractivity contribution < 1.29 is 17.6 Å². The maximum absolute atomic E-state index is 13.1. The summed E-state index contributed by atoms with van der Waals surface area (Å²) < 4.78 is 39.3. The summed E-state index contributed by atoms with van der Waals surface area (Å²) >= 11 is 5.65. The molecule has 1 aliphatic heterocycles. The summed E-state index contributed by atoms with van der Waals surface area (Å²) in [7, 11) is -3.59. The normalized spacial score (nSPS) is 16.3. The Hall–Kier alpha value is -2.45. The molecule has 0 bridgehead atoms. The van der Waals surface area contributed by atoms with E-state index < -0.39 is 15.8 Å². The summed E-state index contributed by atoms with van der Waals surface area (Å²) in [5.41, 5.74) is 0.851. The van der Waals surface area contributed by atoms with Gasteiger partial charge in [-0.2, -0.15) is 0 Å². The number of nitrogens with zero attached hydrogens (tertiary/aromatic N) is 1. The van der Waals surface area contributed by atoms with Gasteiger partial charge in [-0.25, -0.2) is 12.8 Å². The number of rotatable bonds is 4. The Morgan fingerprint density at radius 1 is 1.24 bits per heavy atom. The van der Waals surface area contributed by atoms with Gasteiger partial charge in [0.1, 0.15) is 11.7 Å². The van der Waals surface area contributed by atoms with Crippen LogP contribution in [0.15, 0.2) is 52.4 Å². The summed E-state index contributed by atoms with van der Waals surface area (Å²) in [4.78, 5) is 16.2. The minimum absolute atomic E-state index is 0.0301. The fraction of sp³-hybridized carbons (Fsp3) is 0.125. The first-order chi connectivity index (χ1) is 11.9. The van der Waals surface area contributed by atoms with E-state index >= 15 is 0 Å². The number of carbonyl (C=O) groups excluding carboxylic acids is 1. The molecular weight excluding hydrogens is 369 g/mol. The minimum atomic E-state index is -3.59. The Balaban J connectivity index is 1.64. The lowest BCUT2D eigenvalue weighted by Crippen LogP contribution is -2.23. The molecule has 0 aliphatic carbocycles. The average Bonchev–Trinajstić information content (AvgIpc) is 2.82. The lowest BCUT2D eigenvalue weighted by Gasteiger charge is -2.05. The molecule has 6 nitrogen and oxygen atoms in total. The van der Waals surface area contributed by atoms with Crippen molar-refractivity contribution >= 4 is 39.1 Å². The number of carbonyl (C=O) groups is 1. The van der Waals surface area contributed by atoms with Crippen LogP contribution in [-0.2, 0) is 14.8 Å². The monoisotopic (exact) mass is 381 g/mol. The van der Waals surface area contributed by atoms with E-state index in [1.807, 2.05) is 0 Å². The quantitative estimate of drug-likeness (QED) is 0.853. The fourth-order valence-corrected chi connectivity index (χ4v) is 3.75. The van der Waals surface area contributed by atoms with E-state index in [1.54, 1.807) is 18.2 Å². The van der Waals surface area contributed by atoms with Crippen LogP contribution >= 0.6 is 11.6 Å². The Morgan fingerprint density at radius 2 is 2.00 bits per heavy atom. The number of halogens is 2. The summed E-state index contributed by atoms with van der Waals surface area (Å²) in [6, 6.07) is 10.3. The second-order valence-electron chi connectivity index (χ2n) is 5.26. The van der Waals surface area contributed by atoms with Crippen molar-refractivity contribution in [1.82, 2.24) is 4.72 Å². The Bertz CT molecular complexity index is 976. The molecule has 130 valence electrons. The number of sulfonamides is 1. The molecule has 2 aromatic rings. The molecule has 1 aliphatic rings. The number of amides is 1. The van der Waals surface area contributed by atoms with Crippen molar-refractivity contribution in [2.24, 2.45) is 4.99 Å². The molecule has 1 heterocycles. The predicted octanol–water partition coefficient (Wildman–Crippen LogP) is 2.55. The summed E-state index contributed by atoms with van der Waals surface area (Å²) in [6.45, 7) is 0.0902. The van der Waals surface area contributed by atoms with Crippen molar-refractivity contribution in [3.8, 4) is 0 Å². The van der Waals surface area contributed by atoms with E-state index in [0.29, 0.717) is 11.3 Å². The van der Waals surface area contributed by atoms with E-state index in [-0.39, 0.29) is 34.6 Å². The van der Waals surface area contributed by atoms with Crippen LogP contribution in [0.4, 0.5) is 10.1 Å². The average molecular weight is 382 g/mol. The highest BCUT2D eigenvalue weighted by atomic mass is 35.5. The van der Waals surface area contributed by atoms with Gasteiger partial charge in [0.25, 0.3) is 10.0 Å². The van der Waals surface area contributed by atoms with Crippen LogP contribution in [0.3, 0.4) is 0 Å². The van der Waals surface area contributed by atoms with Crippen LogP contribution in [-0.4, -0.2) is 26.7 Å². The second-order valence-corrected chi connectivity index (χ2v) is 7.32. The maximum Gasteiger partial charge on any atom is 0.263 e. The van der Waals surface area contributed by atoms with E-state index in [4.69, 9.17) is 11.6 Å². The van der Waals surface area contributed by atoms with Crippen molar-refractivity contribution in [2.75, 3.05) is 11.9 Å². The summed E-state index contributed by atoms with van der Waals surface area (Å²) in [6.07, 6.45) is 0.0301. The third-order valence-electron chi connectivity index (χ3n) is 3.47. The number of anilines is 1. The number of nitrogens with one attached hydrogen (secondary N) is 2. The molecule has 0 saturated carbocycles. The zero-order chi connectivity index (χ0) is 18.0. The molecule has 0 spiro atoms. The molecule has 25 heavy (non-hydrogen) atoms. The number of hydrogen-bond acceptors (Lipinski definition) is 4. The number of benzene rings is 2. The van der Waals surface area contributed by atoms with Gasteiger partial charge in [0, 0.05) is 17.7 Å². The highest BCUT2D eigenvalue weighted by molar-refractivity contribution is 7.90. The van der Waals surface area contributed by atoms with Gasteiger partial charge in [0.15, 0.2) is 0 Å². The van der Waals surface area contributed by atoms with Gasteiger partial charge >= 0.3 is 0 Å². The van der Waals surface area contributed by atoms with Crippen molar-refractivity contribution in [2.45, 2.75) is 11.3 Å². The highest BCUT2D eigenvalue weighted by Gasteiger charge is 2.29. The standard InChI is InChI=1S/C16H13ClFN3O3S/c17-12-9-10(5-6-13(12)18)20-15(22)7-8-19-16-11-3-1-2-4-14(11)25(23,24)21-16/h1-6,9H,7-8H2,(H,19,21)(H,20,22). The van der Waals surface area contributed by atoms with E-state index in [0.717, 1.165) is 6.07 Å². The highest BCUT2D eigenvalue weighted by Crippen LogP contribution is 2.22. The van der Waals surface area contributed by atoms with Crippen molar-refractivity contribution in [3.05, 3.63) is 58.9 Å². The van der Waals surface area contributed by atoms with Gasteiger partial charge < -0.3 is 5.32 Å². The van der Waals surface area contributed by atoms with Gasteiger partial charge in [-0.1, -0.05) is 23.7 Å². The Morgan fingerprint density at radius 3 is 2.76 bits per heavy atom. The number of amidine groups is 1. The van der Waals surface area contributed by atoms with Gasteiger partial charge in [-0.3, -0.25) is 14.5 Å². The molecular formula is C16H13ClFN3O3S. The van der Waals surface area contributed by atoms with Crippen LogP contribution in [0, 0.1) is 5.82 Å². The number of fused-ring (bicyclic) bond motifs is 1. The van der Waals surface area contributed by atoms with Crippen molar-refractivity contribution in [3.63, 3.8) is 0 Å². The van der Waals surface area contributed by atoms with E-state index in [9.17, 15) is 17.6 Å². The molecule has 0 fully saturated rings. The van der Waals surface area contributed by atoms with Crippen LogP contribution < -0.4 is 10.0 Å². The van der Waals surface area contributed by atoms with Crippen molar-refractivity contribution in [1.29, 1.82) is 0 Å². The zero-order valence-electron chi connectivity index (χ0n) is 12.8. The molecule has 0 radical (unpaired) electrons. The van der Waals surface area contributed by atoms with Crippen LogP contribution in [0.25, 0.3) is 0 Å². The van der Waals surface area contributed by atoms with E-state index in [1.165, 1.54) is 18.2 Å². The van der Waals surface area contributed by atoms with Gasteiger partial charge in [0.2, 0.25) is 5.91 Å². The van der Waals surface area contributed by atoms with Gasteiger partial charge in [0.05, 0.1) is 16.5 Å². The summed E-state index contributed by atoms with van der Waals surface area (Å²) in [5, 5.41) is 2.48. The molecule has 0 unspecified atom stereocenters. The molecule has 1 amide bonds. The Kier molecular flexibility index (Phi) is 4.73. The molecule has 0 saturated heterocycles. The number of aliphatic imine (C=N–C) groups is 1. The van der Waals surface area contributed by atoms with Gasteiger partial charge in [-0.05, 0) is 30.3 Å². The molecule has 9 heteroatoms. The first kappa shape index (κ1) is 17.4. The van der Waals surface area contributed by atoms with Crippen LogP contribution in [0.1, 0.15) is 12.0 Å². The first-order valence-electron chi connectivity index (χ1n) is 7.28. The molecule has 2 N–H and O–H groups in total. The lowest BCUT2D eigenvalue weighted by atomic mass is 10.2. The van der Waals surface area contributed by atoms with Crippen LogP contribution in [0.2, 0.25) is 5.02 Å². The Labute approximate surface area is 148 Å². The number of hydrogen-bond donors (Lipinski definition) is 2. The molecule has 0 atom stereocenters. The zero-order valence-corrected chi connectivity index (χ0v) is 14.4. The SMILES string of the molecule is O=C(CCN=C1NS(=O)(=O)c2ccccc21)Nc1ccc(F)c(Cl)c1. The minimum Gasteiger partial charge on any atom is -0.326 e. The second kappa shape index (κ2) is 6.81. The predicted molar refractivity (Wildman–Crippen MR) is 92.8 cm³/mol. The fourth-order valence-electron chi connectivity index (χ4n) is 2.32. The maximum atomic E-state index is 13.1. The summed E-state index contributed by atoms with van der Waals surface area (Å²) in [5.74, 6) is -0.701. The van der Waals surface area contributed by atoms with Crippen LogP contribution in [0.5, 0.6) is 0 Å². The third kappa shape index (κ3) is 3.80. The lowest BCUT2D eigenvalue weighted by molar-refractivity contribution is -0.116. The molecule has 2 aromatic carbocycles. The van der Waals surface area contributed by atoms with E-state index in [2.05, 4.69) is 15.0 Å².